The molecular weight excluding hydrogens is 242 g/mol. The zero-order valence-corrected chi connectivity index (χ0v) is 10.4. The zero-order chi connectivity index (χ0) is 13.4. The summed E-state index contributed by atoms with van der Waals surface area (Å²) < 4.78 is 1.69. The number of hydrazone groups is 1. The van der Waals surface area contributed by atoms with Gasteiger partial charge >= 0.3 is 0 Å². The number of aromatic nitrogens is 2. The molecule has 0 spiro atoms. The van der Waals surface area contributed by atoms with Gasteiger partial charge in [-0.3, -0.25) is 9.48 Å². The minimum atomic E-state index is -0.0653. The Hall–Kier alpha value is -2.63. The fourth-order valence-electron chi connectivity index (χ4n) is 2.02. The van der Waals surface area contributed by atoms with Gasteiger partial charge in [0.05, 0.1) is 24.0 Å². The molecule has 6 nitrogen and oxygen atoms in total. The number of hydrogen-bond donors (Lipinski definition) is 1. The summed E-state index contributed by atoms with van der Waals surface area (Å²) in [6, 6.07) is 7.11. The third-order valence-corrected chi connectivity index (χ3v) is 2.93. The van der Waals surface area contributed by atoms with E-state index in [4.69, 9.17) is 5.73 Å². The Kier molecular flexibility index (Phi) is 2.56. The largest absolute Gasteiger partial charge is 0.399 e. The minimum Gasteiger partial charge on any atom is -0.399 e. The molecule has 0 saturated carbocycles. The van der Waals surface area contributed by atoms with Crippen LogP contribution in [0, 0.1) is 0 Å². The van der Waals surface area contributed by atoms with E-state index in [1.165, 1.54) is 5.01 Å². The number of benzene rings is 1. The van der Waals surface area contributed by atoms with E-state index >= 15 is 0 Å². The average Bonchev–Trinajstić information content (AvgIpc) is 2.95. The fraction of sp³-hybridized carbons (Fsp3) is 0.154. The lowest BCUT2D eigenvalue weighted by Crippen LogP contribution is -2.19. The maximum atomic E-state index is 12.0. The van der Waals surface area contributed by atoms with Crippen molar-refractivity contribution in [1.29, 1.82) is 0 Å². The van der Waals surface area contributed by atoms with Gasteiger partial charge in [-0.25, -0.2) is 5.01 Å². The average molecular weight is 255 g/mol. The van der Waals surface area contributed by atoms with E-state index in [0.717, 1.165) is 11.3 Å². The van der Waals surface area contributed by atoms with Crippen molar-refractivity contribution in [1.82, 2.24) is 9.78 Å². The fourth-order valence-corrected chi connectivity index (χ4v) is 2.02. The third-order valence-electron chi connectivity index (χ3n) is 2.93. The van der Waals surface area contributed by atoms with Crippen molar-refractivity contribution in [2.45, 2.75) is 6.42 Å². The van der Waals surface area contributed by atoms with Crippen LogP contribution in [0.25, 0.3) is 0 Å². The van der Waals surface area contributed by atoms with E-state index in [1.54, 1.807) is 29.1 Å². The number of nitrogens with two attached hydrogens (primary N) is 1. The van der Waals surface area contributed by atoms with Crippen LogP contribution in [0.5, 0.6) is 0 Å². The van der Waals surface area contributed by atoms with E-state index in [2.05, 4.69) is 10.2 Å². The Morgan fingerprint density at radius 2 is 2.21 bits per heavy atom. The molecular formula is C13H13N5O. The minimum absolute atomic E-state index is 0.0653. The number of anilines is 2. The Morgan fingerprint density at radius 1 is 1.37 bits per heavy atom. The predicted octanol–water partition coefficient (Wildman–Crippen LogP) is 1.14. The molecule has 19 heavy (non-hydrogen) atoms. The van der Waals surface area contributed by atoms with Crippen molar-refractivity contribution < 1.29 is 4.79 Å². The van der Waals surface area contributed by atoms with Crippen molar-refractivity contribution in [2.24, 2.45) is 12.1 Å². The summed E-state index contributed by atoms with van der Waals surface area (Å²) in [7, 11) is 1.83. The second-order valence-corrected chi connectivity index (χ2v) is 4.43. The van der Waals surface area contributed by atoms with Crippen LogP contribution < -0.4 is 10.7 Å². The molecule has 0 unspecified atom stereocenters. The maximum Gasteiger partial charge on any atom is 0.253 e. The Morgan fingerprint density at radius 3 is 2.89 bits per heavy atom. The molecule has 1 aliphatic rings. The third kappa shape index (κ3) is 2.08. The number of carbonyl (C=O) groups excluding carboxylic acids is 1. The van der Waals surface area contributed by atoms with Gasteiger partial charge in [0.2, 0.25) is 0 Å². The number of nitrogens with zero attached hydrogens (tertiary/aromatic N) is 4. The van der Waals surface area contributed by atoms with Crippen molar-refractivity contribution in [2.75, 3.05) is 10.7 Å². The molecule has 0 saturated heterocycles. The number of rotatable bonds is 2. The molecule has 1 aliphatic heterocycles. The number of amides is 1. The summed E-state index contributed by atoms with van der Waals surface area (Å²) in [6.07, 6.45) is 3.82. The first kappa shape index (κ1) is 11.5. The van der Waals surface area contributed by atoms with Gasteiger partial charge < -0.3 is 5.73 Å². The normalized spacial score (nSPS) is 14.9. The van der Waals surface area contributed by atoms with E-state index < -0.39 is 0 Å². The summed E-state index contributed by atoms with van der Waals surface area (Å²) in [5.41, 5.74) is 8.60. The molecule has 0 fully saturated rings. The van der Waals surface area contributed by atoms with Gasteiger partial charge in [-0.05, 0) is 18.2 Å². The molecule has 3 rings (SSSR count). The van der Waals surface area contributed by atoms with Gasteiger partial charge in [0.25, 0.3) is 5.91 Å². The van der Waals surface area contributed by atoms with E-state index in [-0.39, 0.29) is 12.3 Å². The Labute approximate surface area is 110 Å². The highest BCUT2D eigenvalue weighted by molar-refractivity contribution is 6.19. The highest BCUT2D eigenvalue weighted by Crippen LogP contribution is 2.24. The summed E-state index contributed by atoms with van der Waals surface area (Å²) >= 11 is 0. The first-order valence-corrected chi connectivity index (χ1v) is 5.88. The van der Waals surface area contributed by atoms with Crippen LogP contribution in [0.4, 0.5) is 11.4 Å². The number of carbonyl (C=O) groups is 1. The van der Waals surface area contributed by atoms with Gasteiger partial charge in [-0.15, -0.1) is 0 Å². The molecule has 6 heteroatoms. The molecule has 2 heterocycles. The van der Waals surface area contributed by atoms with Crippen LogP contribution in [0.2, 0.25) is 0 Å². The van der Waals surface area contributed by atoms with Crippen LogP contribution in [-0.2, 0) is 11.8 Å². The van der Waals surface area contributed by atoms with Crippen molar-refractivity contribution in [3.8, 4) is 0 Å². The van der Waals surface area contributed by atoms with E-state index in [9.17, 15) is 4.79 Å². The summed E-state index contributed by atoms with van der Waals surface area (Å²) in [4.78, 5) is 12.0. The molecule has 2 N–H and O–H groups in total. The number of hydrogen-bond acceptors (Lipinski definition) is 4. The summed E-state index contributed by atoms with van der Waals surface area (Å²) in [6.45, 7) is 0. The molecule has 1 amide bonds. The number of nitrogen functional groups attached to an aromatic ring is 1. The van der Waals surface area contributed by atoms with Crippen LogP contribution in [-0.4, -0.2) is 21.4 Å². The Balaban J connectivity index is 1.95. The molecule has 0 radical (unpaired) electrons. The smallest absolute Gasteiger partial charge is 0.253 e. The van der Waals surface area contributed by atoms with Gasteiger partial charge in [-0.1, -0.05) is 6.07 Å². The van der Waals surface area contributed by atoms with Gasteiger partial charge in [0, 0.05) is 24.5 Å². The molecule has 96 valence electrons. The maximum absolute atomic E-state index is 12.0. The second-order valence-electron chi connectivity index (χ2n) is 4.43. The van der Waals surface area contributed by atoms with E-state index in [1.807, 2.05) is 19.3 Å². The highest BCUT2D eigenvalue weighted by atomic mass is 16.2. The first-order valence-electron chi connectivity index (χ1n) is 5.88. The second kappa shape index (κ2) is 4.24. The lowest BCUT2D eigenvalue weighted by atomic mass is 10.1. The Bertz CT molecular complexity index is 673. The van der Waals surface area contributed by atoms with Crippen LogP contribution >= 0.6 is 0 Å². The molecule has 2 aromatic rings. The zero-order valence-electron chi connectivity index (χ0n) is 10.4. The standard InChI is InChI=1S/C13H13N5O/c1-17-8-9(7-15-17)12-6-13(19)18(16-12)11-4-2-3-10(14)5-11/h2-5,7-8H,6,14H2,1H3. The van der Waals surface area contributed by atoms with Crippen LogP contribution in [0.1, 0.15) is 12.0 Å². The first-order chi connectivity index (χ1) is 9.13. The number of aryl methyl sites for hydroxylation is 1. The SMILES string of the molecule is Cn1cc(C2=NN(c3cccc(N)c3)C(=O)C2)cn1. The lowest BCUT2D eigenvalue weighted by molar-refractivity contribution is -0.116. The van der Waals surface area contributed by atoms with E-state index in [0.29, 0.717) is 11.4 Å². The van der Waals surface area contributed by atoms with Crippen molar-refractivity contribution in [3.05, 3.63) is 42.2 Å². The molecule has 0 atom stereocenters. The van der Waals surface area contributed by atoms with Gasteiger partial charge in [-0.2, -0.15) is 10.2 Å². The topological polar surface area (TPSA) is 76.5 Å². The summed E-state index contributed by atoms with van der Waals surface area (Å²) in [5, 5.41) is 9.83. The molecule has 1 aromatic heterocycles. The molecule has 0 bridgehead atoms. The lowest BCUT2D eigenvalue weighted by Gasteiger charge is -2.11. The van der Waals surface area contributed by atoms with Crippen molar-refractivity contribution in [3.63, 3.8) is 0 Å². The predicted molar refractivity (Wildman–Crippen MR) is 72.7 cm³/mol. The quantitative estimate of drug-likeness (QED) is 0.817. The van der Waals surface area contributed by atoms with Crippen LogP contribution in [0.15, 0.2) is 41.8 Å². The summed E-state index contributed by atoms with van der Waals surface area (Å²) in [5.74, 6) is -0.0653. The highest BCUT2D eigenvalue weighted by Gasteiger charge is 2.26. The van der Waals surface area contributed by atoms with Gasteiger partial charge in [0.15, 0.2) is 0 Å². The van der Waals surface area contributed by atoms with Crippen LogP contribution in [0.3, 0.4) is 0 Å². The monoisotopic (exact) mass is 255 g/mol. The van der Waals surface area contributed by atoms with Gasteiger partial charge in [0.1, 0.15) is 0 Å². The van der Waals surface area contributed by atoms with Crippen molar-refractivity contribution >= 4 is 23.0 Å². The molecule has 0 aliphatic carbocycles. The molecule has 1 aromatic carbocycles.